The van der Waals surface area contributed by atoms with E-state index < -0.39 is 0 Å². The van der Waals surface area contributed by atoms with Gasteiger partial charge in [0.2, 0.25) is 0 Å². The van der Waals surface area contributed by atoms with Gasteiger partial charge in [-0.2, -0.15) is 5.10 Å². The fourth-order valence-corrected chi connectivity index (χ4v) is 2.59. The van der Waals surface area contributed by atoms with Crippen LogP contribution >= 0.6 is 0 Å². The molecule has 1 atom stereocenters. The third-order valence-corrected chi connectivity index (χ3v) is 3.66. The van der Waals surface area contributed by atoms with Gasteiger partial charge < -0.3 is 5.32 Å². The van der Waals surface area contributed by atoms with Gasteiger partial charge in [-0.1, -0.05) is 44.2 Å². The number of aromatic nitrogens is 2. The van der Waals surface area contributed by atoms with Gasteiger partial charge in [-0.3, -0.25) is 4.68 Å². The summed E-state index contributed by atoms with van der Waals surface area (Å²) in [6.45, 7) is 5.31. The predicted octanol–water partition coefficient (Wildman–Crippen LogP) is 2.75. The highest BCUT2D eigenvalue weighted by Crippen LogP contribution is 2.11. The van der Waals surface area contributed by atoms with Crippen molar-refractivity contribution >= 4 is 0 Å². The number of hydrogen-bond donors (Lipinski definition) is 1. The molecule has 0 amide bonds. The fourth-order valence-electron chi connectivity index (χ4n) is 2.59. The molecular weight excluding hydrogens is 246 g/mol. The largest absolute Gasteiger partial charge is 0.314 e. The second-order valence-electron chi connectivity index (χ2n) is 5.25. The molecule has 0 aliphatic rings. The van der Waals surface area contributed by atoms with E-state index in [1.54, 1.807) is 0 Å². The number of benzene rings is 1. The molecule has 0 fully saturated rings. The maximum atomic E-state index is 4.54. The van der Waals surface area contributed by atoms with Crippen LogP contribution in [0.1, 0.15) is 30.8 Å². The van der Waals surface area contributed by atoms with Gasteiger partial charge in [0, 0.05) is 25.2 Å². The van der Waals surface area contributed by atoms with Crippen LogP contribution in [0.4, 0.5) is 0 Å². The van der Waals surface area contributed by atoms with Gasteiger partial charge in [0.1, 0.15) is 0 Å². The smallest absolute Gasteiger partial charge is 0.0624 e. The van der Waals surface area contributed by atoms with E-state index in [0.717, 1.165) is 25.8 Å². The molecule has 2 aromatic rings. The summed E-state index contributed by atoms with van der Waals surface area (Å²) < 4.78 is 2.02. The molecule has 0 radical (unpaired) electrons. The molecular formula is C17H25N3. The highest BCUT2D eigenvalue weighted by molar-refractivity contribution is 5.18. The maximum absolute atomic E-state index is 4.54. The molecule has 0 aliphatic carbocycles. The highest BCUT2D eigenvalue weighted by Gasteiger charge is 2.13. The van der Waals surface area contributed by atoms with Crippen LogP contribution in [0, 0.1) is 0 Å². The Bertz CT molecular complexity index is 516. The maximum Gasteiger partial charge on any atom is 0.0624 e. The van der Waals surface area contributed by atoms with E-state index in [2.05, 4.69) is 60.7 Å². The zero-order chi connectivity index (χ0) is 14.4. The third kappa shape index (κ3) is 3.94. The first-order chi connectivity index (χ1) is 9.72. The minimum absolute atomic E-state index is 0.461. The van der Waals surface area contributed by atoms with Gasteiger partial charge in [0.15, 0.2) is 0 Å². The second kappa shape index (κ2) is 7.25. The van der Waals surface area contributed by atoms with E-state index >= 15 is 0 Å². The average molecular weight is 271 g/mol. The number of nitrogens with one attached hydrogen (secondary N) is 1. The first-order valence-corrected chi connectivity index (χ1v) is 7.52. The van der Waals surface area contributed by atoms with E-state index in [0.29, 0.717) is 6.04 Å². The van der Waals surface area contributed by atoms with Crippen molar-refractivity contribution in [1.29, 1.82) is 0 Å². The number of hydrogen-bond acceptors (Lipinski definition) is 2. The molecule has 1 N–H and O–H groups in total. The molecule has 1 aromatic heterocycles. The van der Waals surface area contributed by atoms with Crippen molar-refractivity contribution in [3.8, 4) is 0 Å². The topological polar surface area (TPSA) is 29.9 Å². The average Bonchev–Trinajstić information content (AvgIpc) is 2.81. The SMILES string of the molecule is CCNC(Cc1ccccc1)Cc1cc(CC)nn1C. The Morgan fingerprint density at radius 1 is 1.15 bits per heavy atom. The van der Waals surface area contributed by atoms with Gasteiger partial charge in [0.05, 0.1) is 5.69 Å². The van der Waals surface area contributed by atoms with E-state index in [-0.39, 0.29) is 0 Å². The number of aryl methyl sites for hydroxylation is 2. The quantitative estimate of drug-likeness (QED) is 0.839. The normalized spacial score (nSPS) is 12.6. The molecule has 0 aliphatic heterocycles. The van der Waals surface area contributed by atoms with Crippen LogP contribution in [0.25, 0.3) is 0 Å². The van der Waals surface area contributed by atoms with Crippen molar-refractivity contribution in [2.45, 2.75) is 39.2 Å². The Morgan fingerprint density at radius 3 is 2.50 bits per heavy atom. The first-order valence-electron chi connectivity index (χ1n) is 7.52. The van der Waals surface area contributed by atoms with E-state index in [1.807, 2.05) is 11.7 Å². The van der Waals surface area contributed by atoms with E-state index in [4.69, 9.17) is 0 Å². The number of nitrogens with zero attached hydrogens (tertiary/aromatic N) is 2. The molecule has 0 spiro atoms. The van der Waals surface area contributed by atoms with Gasteiger partial charge >= 0.3 is 0 Å². The summed E-state index contributed by atoms with van der Waals surface area (Å²) in [6, 6.07) is 13.4. The van der Waals surface area contributed by atoms with Gasteiger partial charge in [0.25, 0.3) is 0 Å². The molecule has 1 unspecified atom stereocenters. The molecule has 1 aromatic carbocycles. The summed E-state index contributed by atoms with van der Waals surface area (Å²) in [4.78, 5) is 0. The lowest BCUT2D eigenvalue weighted by Crippen LogP contribution is -2.33. The molecule has 0 saturated carbocycles. The highest BCUT2D eigenvalue weighted by atomic mass is 15.3. The Labute approximate surface area is 122 Å². The van der Waals surface area contributed by atoms with Crippen LogP contribution in [-0.4, -0.2) is 22.4 Å². The summed E-state index contributed by atoms with van der Waals surface area (Å²) >= 11 is 0. The van der Waals surface area contributed by atoms with Crippen LogP contribution in [0.5, 0.6) is 0 Å². The summed E-state index contributed by atoms with van der Waals surface area (Å²) in [6.07, 6.45) is 3.08. The van der Waals surface area contributed by atoms with Crippen molar-refractivity contribution in [1.82, 2.24) is 15.1 Å². The number of likely N-dealkylation sites (N-methyl/N-ethyl adjacent to an activating group) is 1. The number of rotatable bonds is 7. The van der Waals surface area contributed by atoms with Crippen molar-refractivity contribution in [2.75, 3.05) is 6.54 Å². The van der Waals surface area contributed by atoms with Crippen LogP contribution < -0.4 is 5.32 Å². The summed E-state index contributed by atoms with van der Waals surface area (Å²) in [5.74, 6) is 0. The predicted molar refractivity (Wildman–Crippen MR) is 83.9 cm³/mol. The zero-order valence-corrected chi connectivity index (χ0v) is 12.8. The van der Waals surface area contributed by atoms with Gasteiger partial charge in [-0.05, 0) is 31.0 Å². The molecule has 1 heterocycles. The molecule has 108 valence electrons. The lowest BCUT2D eigenvalue weighted by molar-refractivity contribution is 0.504. The van der Waals surface area contributed by atoms with Crippen LogP contribution in [0.3, 0.4) is 0 Å². The third-order valence-electron chi connectivity index (χ3n) is 3.66. The second-order valence-corrected chi connectivity index (χ2v) is 5.25. The Balaban J connectivity index is 2.06. The Kier molecular flexibility index (Phi) is 5.36. The van der Waals surface area contributed by atoms with Crippen LogP contribution in [0.2, 0.25) is 0 Å². The summed E-state index contributed by atoms with van der Waals surface area (Å²) in [7, 11) is 2.04. The van der Waals surface area contributed by atoms with Gasteiger partial charge in [-0.25, -0.2) is 0 Å². The lowest BCUT2D eigenvalue weighted by Gasteiger charge is -2.18. The summed E-state index contributed by atoms with van der Waals surface area (Å²) in [5.41, 5.74) is 3.87. The van der Waals surface area contributed by atoms with E-state index in [1.165, 1.54) is 17.0 Å². The van der Waals surface area contributed by atoms with Crippen molar-refractivity contribution in [3.63, 3.8) is 0 Å². The minimum atomic E-state index is 0.461. The molecule has 3 nitrogen and oxygen atoms in total. The van der Waals surface area contributed by atoms with Crippen molar-refractivity contribution < 1.29 is 0 Å². The minimum Gasteiger partial charge on any atom is -0.314 e. The molecule has 3 heteroatoms. The Morgan fingerprint density at radius 2 is 1.90 bits per heavy atom. The molecule has 0 bridgehead atoms. The zero-order valence-electron chi connectivity index (χ0n) is 12.8. The van der Waals surface area contributed by atoms with Crippen LogP contribution in [0.15, 0.2) is 36.4 Å². The lowest BCUT2D eigenvalue weighted by atomic mass is 10.0. The van der Waals surface area contributed by atoms with Gasteiger partial charge in [-0.15, -0.1) is 0 Å². The monoisotopic (exact) mass is 271 g/mol. The van der Waals surface area contributed by atoms with E-state index in [9.17, 15) is 0 Å². The van der Waals surface area contributed by atoms with Crippen molar-refractivity contribution in [2.24, 2.45) is 7.05 Å². The van der Waals surface area contributed by atoms with Crippen molar-refractivity contribution in [3.05, 3.63) is 53.3 Å². The van der Waals surface area contributed by atoms with Crippen LogP contribution in [-0.2, 0) is 26.3 Å². The first kappa shape index (κ1) is 14.8. The fraction of sp³-hybridized carbons (Fsp3) is 0.471. The molecule has 0 saturated heterocycles. The summed E-state index contributed by atoms with van der Waals surface area (Å²) in [5, 5.41) is 8.13. The molecule has 2 rings (SSSR count). The standard InChI is InChI=1S/C17H25N3/c1-4-15-12-17(20(3)19-15)13-16(18-5-2)11-14-9-7-6-8-10-14/h6-10,12,16,18H,4-5,11,13H2,1-3H3. The molecule has 20 heavy (non-hydrogen) atoms. The Hall–Kier alpha value is -1.61.